The molecule has 0 fully saturated rings. The third-order valence-corrected chi connectivity index (χ3v) is 4.35. The SMILES string of the molecule is CC[C@H](c1ccc(O)c(OC)c1)[C@@H](C)/C=C1\C=CC(=O)C(OC)=C1. The van der Waals surface area contributed by atoms with Crippen molar-refractivity contribution in [3.63, 3.8) is 0 Å². The number of methoxy groups -OCH3 is 2. The van der Waals surface area contributed by atoms with E-state index in [-0.39, 0.29) is 23.4 Å². The van der Waals surface area contributed by atoms with Crippen LogP contribution in [0.25, 0.3) is 0 Å². The van der Waals surface area contributed by atoms with Gasteiger partial charge in [-0.2, -0.15) is 0 Å². The first-order chi connectivity index (χ1) is 11.5. The van der Waals surface area contributed by atoms with Crippen LogP contribution in [0.1, 0.15) is 31.7 Å². The molecule has 1 N–H and O–H groups in total. The molecule has 128 valence electrons. The van der Waals surface area contributed by atoms with E-state index >= 15 is 0 Å². The monoisotopic (exact) mass is 328 g/mol. The van der Waals surface area contributed by atoms with Crippen LogP contribution in [0.2, 0.25) is 0 Å². The van der Waals surface area contributed by atoms with Gasteiger partial charge in [0.05, 0.1) is 14.2 Å². The number of rotatable bonds is 6. The van der Waals surface area contributed by atoms with Gasteiger partial charge in [-0.05, 0) is 53.7 Å². The fraction of sp³-hybridized carbons (Fsp3) is 0.350. The molecule has 0 saturated heterocycles. The normalized spacial score (nSPS) is 18.2. The van der Waals surface area contributed by atoms with Crippen molar-refractivity contribution in [2.45, 2.75) is 26.2 Å². The lowest BCUT2D eigenvalue weighted by atomic mass is 9.83. The number of phenolic OH excluding ortho intramolecular Hbond substituents is 1. The Kier molecular flexibility index (Phi) is 5.85. The molecule has 0 aromatic heterocycles. The summed E-state index contributed by atoms with van der Waals surface area (Å²) >= 11 is 0. The fourth-order valence-electron chi connectivity index (χ4n) is 3.04. The molecule has 24 heavy (non-hydrogen) atoms. The minimum atomic E-state index is -0.113. The van der Waals surface area contributed by atoms with E-state index in [0.29, 0.717) is 11.5 Å². The van der Waals surface area contributed by atoms with E-state index in [1.165, 1.54) is 13.2 Å². The second kappa shape index (κ2) is 7.86. The van der Waals surface area contributed by atoms with Crippen LogP contribution in [0.4, 0.5) is 0 Å². The maximum absolute atomic E-state index is 11.6. The minimum absolute atomic E-state index is 0.113. The van der Waals surface area contributed by atoms with Crippen LogP contribution in [0.5, 0.6) is 11.5 Å². The van der Waals surface area contributed by atoms with Crippen molar-refractivity contribution < 1.29 is 19.4 Å². The molecule has 1 aliphatic carbocycles. The van der Waals surface area contributed by atoms with E-state index in [0.717, 1.165) is 17.6 Å². The number of ether oxygens (including phenoxy) is 2. The number of allylic oxidation sites excluding steroid dienone is 5. The Morgan fingerprint density at radius 2 is 1.96 bits per heavy atom. The zero-order chi connectivity index (χ0) is 17.7. The summed E-state index contributed by atoms with van der Waals surface area (Å²) in [5, 5.41) is 9.77. The minimum Gasteiger partial charge on any atom is -0.504 e. The molecule has 0 unspecified atom stereocenters. The zero-order valence-corrected chi connectivity index (χ0v) is 14.6. The first-order valence-corrected chi connectivity index (χ1v) is 8.07. The first-order valence-electron chi connectivity index (χ1n) is 8.07. The van der Waals surface area contributed by atoms with Gasteiger partial charge in [0.2, 0.25) is 5.78 Å². The maximum atomic E-state index is 11.6. The molecular formula is C20H24O4. The maximum Gasteiger partial charge on any atom is 0.220 e. The van der Waals surface area contributed by atoms with Crippen LogP contribution < -0.4 is 4.74 Å². The van der Waals surface area contributed by atoms with Crippen molar-refractivity contribution in [1.29, 1.82) is 0 Å². The first kappa shape index (κ1) is 17.9. The molecular weight excluding hydrogens is 304 g/mol. The Balaban J connectivity index is 2.28. The summed E-state index contributed by atoms with van der Waals surface area (Å²) in [5.74, 6) is 1.39. The summed E-state index contributed by atoms with van der Waals surface area (Å²) in [6.07, 6.45) is 8.19. The van der Waals surface area contributed by atoms with Crippen molar-refractivity contribution in [2.24, 2.45) is 5.92 Å². The van der Waals surface area contributed by atoms with E-state index in [1.54, 1.807) is 19.3 Å². The molecule has 2 rings (SSSR count). The third-order valence-electron chi connectivity index (χ3n) is 4.35. The van der Waals surface area contributed by atoms with E-state index in [9.17, 15) is 9.90 Å². The van der Waals surface area contributed by atoms with Crippen molar-refractivity contribution >= 4 is 5.78 Å². The molecule has 0 radical (unpaired) electrons. The molecule has 0 amide bonds. The lowest BCUT2D eigenvalue weighted by molar-refractivity contribution is -0.114. The second-order valence-corrected chi connectivity index (χ2v) is 5.88. The van der Waals surface area contributed by atoms with Gasteiger partial charge in [0, 0.05) is 0 Å². The van der Waals surface area contributed by atoms with Crippen molar-refractivity contribution in [3.05, 3.63) is 59.4 Å². The second-order valence-electron chi connectivity index (χ2n) is 5.88. The number of ketones is 1. The molecule has 0 bridgehead atoms. The highest BCUT2D eigenvalue weighted by atomic mass is 16.5. The molecule has 1 aromatic rings. The molecule has 1 aliphatic rings. The largest absolute Gasteiger partial charge is 0.504 e. The number of hydrogen-bond donors (Lipinski definition) is 1. The topological polar surface area (TPSA) is 55.8 Å². The molecule has 1 aromatic carbocycles. The summed E-state index contributed by atoms with van der Waals surface area (Å²) in [4.78, 5) is 11.6. The molecule has 2 atom stereocenters. The van der Waals surface area contributed by atoms with Gasteiger partial charge in [-0.1, -0.05) is 32.1 Å². The van der Waals surface area contributed by atoms with Crippen molar-refractivity contribution in [2.75, 3.05) is 14.2 Å². The summed E-state index contributed by atoms with van der Waals surface area (Å²) in [5.41, 5.74) is 2.08. The predicted molar refractivity (Wildman–Crippen MR) is 94.2 cm³/mol. The lowest BCUT2D eigenvalue weighted by Gasteiger charge is -2.22. The van der Waals surface area contributed by atoms with E-state index < -0.39 is 0 Å². The Morgan fingerprint density at radius 3 is 2.58 bits per heavy atom. The molecule has 0 aliphatic heterocycles. The standard InChI is InChI=1S/C20H24O4/c1-5-16(15-7-9-18(22)20(12-15)24-4)13(2)10-14-6-8-17(21)19(11-14)23-3/h6-13,16,22H,5H2,1-4H3/b14-10+/t13-,16-/m0/s1. The van der Waals surface area contributed by atoms with Crippen LogP contribution in [-0.2, 0) is 9.53 Å². The molecule has 0 spiro atoms. The van der Waals surface area contributed by atoms with Gasteiger partial charge in [-0.25, -0.2) is 0 Å². The highest BCUT2D eigenvalue weighted by Gasteiger charge is 2.19. The van der Waals surface area contributed by atoms with E-state index in [4.69, 9.17) is 9.47 Å². The quantitative estimate of drug-likeness (QED) is 0.853. The molecule has 4 nitrogen and oxygen atoms in total. The molecule has 0 heterocycles. The van der Waals surface area contributed by atoms with Crippen LogP contribution in [0, 0.1) is 5.92 Å². The zero-order valence-electron chi connectivity index (χ0n) is 14.6. The highest BCUT2D eigenvalue weighted by Crippen LogP contribution is 2.35. The van der Waals surface area contributed by atoms with Gasteiger partial charge in [-0.3, -0.25) is 4.79 Å². The average Bonchev–Trinajstić information content (AvgIpc) is 2.58. The Hall–Kier alpha value is -2.49. The number of benzene rings is 1. The lowest BCUT2D eigenvalue weighted by Crippen LogP contribution is -2.09. The summed E-state index contributed by atoms with van der Waals surface area (Å²) in [6, 6.07) is 5.48. The van der Waals surface area contributed by atoms with Crippen LogP contribution in [-0.4, -0.2) is 25.1 Å². The van der Waals surface area contributed by atoms with E-state index in [2.05, 4.69) is 19.9 Å². The number of hydrogen-bond acceptors (Lipinski definition) is 4. The average molecular weight is 328 g/mol. The van der Waals surface area contributed by atoms with Crippen LogP contribution in [0.3, 0.4) is 0 Å². The van der Waals surface area contributed by atoms with Crippen molar-refractivity contribution in [3.8, 4) is 11.5 Å². The van der Waals surface area contributed by atoms with Gasteiger partial charge in [0.15, 0.2) is 17.3 Å². The summed E-state index contributed by atoms with van der Waals surface area (Å²) < 4.78 is 10.3. The summed E-state index contributed by atoms with van der Waals surface area (Å²) in [7, 11) is 3.05. The number of phenols is 1. The number of carbonyl (C=O) groups excluding carboxylic acids is 1. The van der Waals surface area contributed by atoms with Crippen LogP contribution in [0.15, 0.2) is 53.8 Å². The molecule has 0 saturated carbocycles. The third kappa shape index (κ3) is 3.88. The van der Waals surface area contributed by atoms with Crippen molar-refractivity contribution in [1.82, 2.24) is 0 Å². The van der Waals surface area contributed by atoms with Gasteiger partial charge >= 0.3 is 0 Å². The number of carbonyl (C=O) groups is 1. The molecule has 4 heteroatoms. The smallest absolute Gasteiger partial charge is 0.220 e. The number of aromatic hydroxyl groups is 1. The van der Waals surface area contributed by atoms with Gasteiger partial charge in [0.25, 0.3) is 0 Å². The Bertz CT molecular complexity index is 698. The van der Waals surface area contributed by atoms with Crippen LogP contribution >= 0.6 is 0 Å². The highest BCUT2D eigenvalue weighted by molar-refractivity contribution is 6.04. The predicted octanol–water partition coefficient (Wildman–Crippen LogP) is 4.13. The Labute approximate surface area is 143 Å². The van der Waals surface area contributed by atoms with Gasteiger partial charge < -0.3 is 14.6 Å². The Morgan fingerprint density at radius 1 is 1.21 bits per heavy atom. The fourth-order valence-corrected chi connectivity index (χ4v) is 3.04. The van der Waals surface area contributed by atoms with Gasteiger partial charge in [-0.15, -0.1) is 0 Å². The van der Waals surface area contributed by atoms with E-state index in [1.807, 2.05) is 18.2 Å². The summed E-state index contributed by atoms with van der Waals surface area (Å²) in [6.45, 7) is 4.28. The van der Waals surface area contributed by atoms with Gasteiger partial charge in [0.1, 0.15) is 0 Å².